The molecule has 0 aliphatic heterocycles. The topological polar surface area (TPSA) is 84.0 Å². The Morgan fingerprint density at radius 2 is 1.23 bits per heavy atom. The number of esters is 2. The summed E-state index contributed by atoms with van der Waals surface area (Å²) in [5, 5.41) is 0. The van der Waals surface area contributed by atoms with E-state index in [0.29, 0.717) is 31.1 Å². The molecule has 2 aromatic carbocycles. The van der Waals surface area contributed by atoms with Gasteiger partial charge in [-0.2, -0.15) is 0 Å². The molecule has 7 heteroatoms. The molecule has 0 spiro atoms. The van der Waals surface area contributed by atoms with Gasteiger partial charge in [-0.15, -0.1) is 0 Å². The molecule has 0 saturated heterocycles. The van der Waals surface area contributed by atoms with E-state index in [0.717, 1.165) is 61.3 Å². The molecule has 3 rings (SSSR count). The van der Waals surface area contributed by atoms with Crippen LogP contribution < -0.4 is 14.2 Å². The van der Waals surface area contributed by atoms with Crippen molar-refractivity contribution in [2.45, 2.75) is 77.6 Å². The molecular formula is C36H45NO6. The average molecular weight is 588 g/mol. The van der Waals surface area contributed by atoms with E-state index >= 15 is 0 Å². The summed E-state index contributed by atoms with van der Waals surface area (Å²) >= 11 is 0. The summed E-state index contributed by atoms with van der Waals surface area (Å²) in [5.41, 5.74) is 2.22. The van der Waals surface area contributed by atoms with E-state index < -0.39 is 5.97 Å². The van der Waals surface area contributed by atoms with Crippen molar-refractivity contribution < 1.29 is 28.5 Å². The molecule has 0 bridgehead atoms. The zero-order valence-corrected chi connectivity index (χ0v) is 25.4. The van der Waals surface area contributed by atoms with Gasteiger partial charge in [-0.1, -0.05) is 64.9 Å². The summed E-state index contributed by atoms with van der Waals surface area (Å²) in [5.74, 6) is 1.22. The first-order valence-electron chi connectivity index (χ1n) is 15.5. The summed E-state index contributed by atoms with van der Waals surface area (Å²) in [6.07, 6.45) is 15.2. The number of hydrogen-bond donors (Lipinski definition) is 0. The van der Waals surface area contributed by atoms with E-state index in [9.17, 15) is 9.59 Å². The minimum atomic E-state index is -0.415. The van der Waals surface area contributed by atoms with Gasteiger partial charge in [0.25, 0.3) is 0 Å². The third kappa shape index (κ3) is 13.2. The molecule has 0 unspecified atom stereocenters. The highest BCUT2D eigenvalue weighted by Crippen LogP contribution is 2.23. The zero-order chi connectivity index (χ0) is 30.5. The molecule has 0 N–H and O–H groups in total. The van der Waals surface area contributed by atoms with Crippen LogP contribution >= 0.6 is 0 Å². The fraction of sp³-hybridized carbons (Fsp3) is 0.417. The van der Waals surface area contributed by atoms with Crippen molar-refractivity contribution >= 4 is 11.9 Å². The molecule has 1 aromatic heterocycles. The summed E-state index contributed by atoms with van der Waals surface area (Å²) in [6, 6.07) is 18.2. The summed E-state index contributed by atoms with van der Waals surface area (Å²) < 4.78 is 22.0. The number of carbonyl (C=O) groups excluding carboxylic acids is 2. The first-order valence-corrected chi connectivity index (χ1v) is 15.5. The van der Waals surface area contributed by atoms with E-state index in [1.807, 2.05) is 24.3 Å². The van der Waals surface area contributed by atoms with Crippen LogP contribution in [0.15, 0.2) is 79.5 Å². The Morgan fingerprint density at radius 3 is 1.84 bits per heavy atom. The summed E-state index contributed by atoms with van der Waals surface area (Å²) in [7, 11) is 0. The highest BCUT2D eigenvalue weighted by Gasteiger charge is 2.10. The standard InChI is InChI=1S/C36H45NO6/c1-3-5-25-41-33-23-24-34(37-28-33)29-15-21-32(22-16-29)43-36(39)30-17-19-31(20-18-30)40-26-13-11-9-7-6-8-10-12-14-27-42-35(38)4-2/h4,15-24,28H,2-3,5-14,25-27H2,1H3. The van der Waals surface area contributed by atoms with Crippen LogP contribution in [0.5, 0.6) is 17.2 Å². The van der Waals surface area contributed by atoms with E-state index in [2.05, 4.69) is 18.5 Å². The van der Waals surface area contributed by atoms with Crippen molar-refractivity contribution in [2.24, 2.45) is 0 Å². The lowest BCUT2D eigenvalue weighted by Gasteiger charge is -2.09. The Morgan fingerprint density at radius 1 is 0.674 bits per heavy atom. The van der Waals surface area contributed by atoms with Crippen molar-refractivity contribution in [3.63, 3.8) is 0 Å². The fourth-order valence-corrected chi connectivity index (χ4v) is 4.38. The van der Waals surface area contributed by atoms with Gasteiger partial charge in [0.15, 0.2) is 0 Å². The van der Waals surface area contributed by atoms with Gasteiger partial charge in [0, 0.05) is 11.6 Å². The van der Waals surface area contributed by atoms with E-state index in [1.165, 1.54) is 38.2 Å². The number of unbranched alkanes of at least 4 members (excludes halogenated alkanes) is 9. The second kappa shape index (κ2) is 19.9. The summed E-state index contributed by atoms with van der Waals surface area (Å²) in [6.45, 7) is 7.35. The van der Waals surface area contributed by atoms with Gasteiger partial charge in [0.05, 0.1) is 37.3 Å². The Labute approximate surface area is 256 Å². The van der Waals surface area contributed by atoms with Gasteiger partial charge in [0.1, 0.15) is 17.2 Å². The van der Waals surface area contributed by atoms with Gasteiger partial charge in [-0.25, -0.2) is 9.59 Å². The van der Waals surface area contributed by atoms with Crippen LogP contribution in [0.4, 0.5) is 0 Å². The van der Waals surface area contributed by atoms with Crippen molar-refractivity contribution in [3.8, 4) is 28.5 Å². The quantitative estimate of drug-likeness (QED) is 0.0533. The molecule has 0 aliphatic rings. The van der Waals surface area contributed by atoms with Gasteiger partial charge >= 0.3 is 11.9 Å². The molecule has 0 aliphatic carbocycles. The first-order chi connectivity index (χ1) is 21.1. The number of rotatable bonds is 21. The number of hydrogen-bond acceptors (Lipinski definition) is 7. The van der Waals surface area contributed by atoms with E-state index in [1.54, 1.807) is 42.6 Å². The monoisotopic (exact) mass is 587 g/mol. The maximum atomic E-state index is 12.6. The average Bonchev–Trinajstić information content (AvgIpc) is 3.04. The molecule has 0 radical (unpaired) electrons. The number of ether oxygens (including phenoxy) is 4. The highest BCUT2D eigenvalue weighted by atomic mass is 16.5. The normalized spacial score (nSPS) is 10.6. The molecule has 0 atom stereocenters. The van der Waals surface area contributed by atoms with Crippen molar-refractivity contribution in [3.05, 3.63) is 85.1 Å². The van der Waals surface area contributed by atoms with Gasteiger partial charge in [0.2, 0.25) is 0 Å². The van der Waals surface area contributed by atoms with Gasteiger partial charge in [-0.05, 0) is 79.9 Å². The number of pyridine rings is 1. The van der Waals surface area contributed by atoms with E-state index in [4.69, 9.17) is 18.9 Å². The third-order valence-corrected chi connectivity index (χ3v) is 6.92. The van der Waals surface area contributed by atoms with Crippen LogP contribution in [0.2, 0.25) is 0 Å². The third-order valence-electron chi connectivity index (χ3n) is 6.92. The van der Waals surface area contributed by atoms with Crippen LogP contribution in [-0.2, 0) is 9.53 Å². The van der Waals surface area contributed by atoms with Gasteiger partial charge in [-0.3, -0.25) is 4.98 Å². The van der Waals surface area contributed by atoms with Crippen LogP contribution in [0.25, 0.3) is 11.3 Å². The maximum Gasteiger partial charge on any atom is 0.343 e. The Balaban J connectivity index is 1.27. The molecule has 230 valence electrons. The summed E-state index contributed by atoms with van der Waals surface area (Å²) in [4.78, 5) is 28.1. The van der Waals surface area contributed by atoms with Crippen molar-refractivity contribution in [1.29, 1.82) is 0 Å². The van der Waals surface area contributed by atoms with Crippen LogP contribution in [0.1, 0.15) is 87.9 Å². The van der Waals surface area contributed by atoms with Crippen LogP contribution in [0.3, 0.4) is 0 Å². The number of nitrogens with zero attached hydrogens (tertiary/aromatic N) is 1. The molecular weight excluding hydrogens is 542 g/mol. The Hall–Kier alpha value is -4.13. The largest absolute Gasteiger partial charge is 0.494 e. The molecule has 3 aromatic rings. The predicted molar refractivity (Wildman–Crippen MR) is 170 cm³/mol. The number of carbonyl (C=O) groups is 2. The predicted octanol–water partition coefficient (Wildman–Crippen LogP) is 8.77. The molecule has 0 fully saturated rings. The van der Waals surface area contributed by atoms with Crippen LogP contribution in [-0.4, -0.2) is 36.7 Å². The smallest absolute Gasteiger partial charge is 0.343 e. The fourth-order valence-electron chi connectivity index (χ4n) is 4.38. The number of aromatic nitrogens is 1. The molecule has 1 heterocycles. The van der Waals surface area contributed by atoms with Crippen molar-refractivity contribution in [2.75, 3.05) is 19.8 Å². The Bertz CT molecular complexity index is 1220. The minimum absolute atomic E-state index is 0.343. The second-order valence-corrected chi connectivity index (χ2v) is 10.4. The van der Waals surface area contributed by atoms with Crippen molar-refractivity contribution in [1.82, 2.24) is 4.98 Å². The van der Waals surface area contributed by atoms with Crippen LogP contribution in [0, 0.1) is 0 Å². The maximum absolute atomic E-state index is 12.6. The zero-order valence-electron chi connectivity index (χ0n) is 25.4. The number of benzene rings is 2. The molecule has 0 amide bonds. The lowest BCUT2D eigenvalue weighted by molar-refractivity contribution is -0.137. The Kier molecular flexibility index (Phi) is 15.4. The molecule has 7 nitrogen and oxygen atoms in total. The second-order valence-electron chi connectivity index (χ2n) is 10.4. The first kappa shape index (κ1) is 33.4. The van der Waals surface area contributed by atoms with E-state index in [-0.39, 0.29) is 5.97 Å². The van der Waals surface area contributed by atoms with Gasteiger partial charge < -0.3 is 18.9 Å². The SMILES string of the molecule is C=CC(=O)OCCCCCCCCCCCOc1ccc(C(=O)Oc2ccc(-c3ccc(OCCCC)cn3)cc2)cc1. The molecule has 43 heavy (non-hydrogen) atoms. The highest BCUT2D eigenvalue weighted by molar-refractivity contribution is 5.91. The minimum Gasteiger partial charge on any atom is -0.494 e. The molecule has 0 saturated carbocycles. The lowest BCUT2D eigenvalue weighted by Crippen LogP contribution is -2.08. The lowest BCUT2D eigenvalue weighted by atomic mass is 10.1.